The molecule has 0 bridgehead atoms. The number of rotatable bonds is 6. The molecule has 0 spiro atoms. The maximum atomic E-state index is 13.5. The number of nitrogens with zero attached hydrogens (tertiary/aromatic N) is 2. The van der Waals surface area contributed by atoms with Gasteiger partial charge in [-0.25, -0.2) is 8.57 Å². The van der Waals surface area contributed by atoms with Gasteiger partial charge in [-0.2, -0.15) is 0 Å². The summed E-state index contributed by atoms with van der Waals surface area (Å²) in [4.78, 5) is 5.06. The standard InChI is InChI=1S/C20H20N2OS/c23-24(20-12-5-2-6-13-20,16-14-18-9-3-1-4-10-18)22-17-19-11-7-8-15-21-19/h1-13,15H,14,16-17H2. The van der Waals surface area contributed by atoms with E-state index in [2.05, 4.69) is 21.5 Å². The second-order valence-electron chi connectivity index (χ2n) is 5.50. The lowest BCUT2D eigenvalue weighted by Crippen LogP contribution is -2.10. The quantitative estimate of drug-likeness (QED) is 0.671. The van der Waals surface area contributed by atoms with Crippen molar-refractivity contribution in [3.05, 3.63) is 96.3 Å². The summed E-state index contributed by atoms with van der Waals surface area (Å²) < 4.78 is 18.1. The Labute approximate surface area is 143 Å². The number of aromatic nitrogens is 1. The fourth-order valence-corrected chi connectivity index (χ4v) is 4.40. The van der Waals surface area contributed by atoms with E-state index >= 15 is 0 Å². The monoisotopic (exact) mass is 336 g/mol. The van der Waals surface area contributed by atoms with Crippen molar-refractivity contribution in [1.82, 2.24) is 4.98 Å². The molecule has 0 amide bonds. The first-order valence-electron chi connectivity index (χ1n) is 7.96. The van der Waals surface area contributed by atoms with Gasteiger partial charge >= 0.3 is 0 Å². The van der Waals surface area contributed by atoms with Gasteiger partial charge in [0.15, 0.2) is 0 Å². The first-order valence-corrected chi connectivity index (χ1v) is 9.64. The Balaban J connectivity index is 1.88. The molecule has 3 nitrogen and oxygen atoms in total. The molecule has 0 saturated heterocycles. The maximum Gasteiger partial charge on any atom is 0.0909 e. The van der Waals surface area contributed by atoms with Crippen molar-refractivity contribution in [3.8, 4) is 0 Å². The third-order valence-corrected chi connectivity index (χ3v) is 6.10. The van der Waals surface area contributed by atoms with Crippen molar-refractivity contribution < 1.29 is 4.21 Å². The van der Waals surface area contributed by atoms with E-state index < -0.39 is 9.73 Å². The third kappa shape index (κ3) is 4.30. The highest BCUT2D eigenvalue weighted by Crippen LogP contribution is 2.17. The molecule has 0 aliphatic rings. The van der Waals surface area contributed by atoms with Gasteiger partial charge in [0.1, 0.15) is 0 Å². The summed E-state index contributed by atoms with van der Waals surface area (Å²) in [6, 6.07) is 25.4. The number of hydrogen-bond donors (Lipinski definition) is 0. The van der Waals surface area contributed by atoms with Gasteiger partial charge in [0.25, 0.3) is 0 Å². The average Bonchev–Trinajstić information content (AvgIpc) is 2.67. The summed E-state index contributed by atoms with van der Waals surface area (Å²) >= 11 is 0. The lowest BCUT2D eigenvalue weighted by Gasteiger charge is -2.11. The molecule has 122 valence electrons. The van der Waals surface area contributed by atoms with E-state index in [1.54, 1.807) is 6.20 Å². The van der Waals surface area contributed by atoms with Crippen molar-refractivity contribution in [2.24, 2.45) is 4.36 Å². The zero-order valence-electron chi connectivity index (χ0n) is 13.4. The SMILES string of the molecule is O=S(CCc1ccccc1)(=NCc1ccccn1)c1ccccc1. The van der Waals surface area contributed by atoms with Crippen LogP contribution in [0.4, 0.5) is 0 Å². The van der Waals surface area contributed by atoms with Crippen LogP contribution in [0.25, 0.3) is 0 Å². The van der Waals surface area contributed by atoms with Gasteiger partial charge in [0.05, 0.1) is 22.0 Å². The molecule has 0 N–H and O–H groups in total. The van der Waals surface area contributed by atoms with E-state index in [9.17, 15) is 4.21 Å². The molecule has 24 heavy (non-hydrogen) atoms. The van der Waals surface area contributed by atoms with Crippen molar-refractivity contribution in [1.29, 1.82) is 0 Å². The second-order valence-corrected chi connectivity index (χ2v) is 7.92. The highest BCUT2D eigenvalue weighted by atomic mass is 32.2. The van der Waals surface area contributed by atoms with E-state index in [0.29, 0.717) is 12.3 Å². The lowest BCUT2D eigenvalue weighted by atomic mass is 10.2. The van der Waals surface area contributed by atoms with Crippen LogP contribution in [0.5, 0.6) is 0 Å². The Bertz CT molecular complexity index is 871. The van der Waals surface area contributed by atoms with Crippen LogP contribution in [0.15, 0.2) is 94.3 Å². The van der Waals surface area contributed by atoms with E-state index in [1.165, 1.54) is 5.56 Å². The minimum Gasteiger partial charge on any atom is -0.259 e. The first kappa shape index (κ1) is 16.4. The molecular weight excluding hydrogens is 316 g/mol. The van der Waals surface area contributed by atoms with E-state index in [4.69, 9.17) is 0 Å². The highest BCUT2D eigenvalue weighted by molar-refractivity contribution is 7.93. The van der Waals surface area contributed by atoms with Gasteiger partial charge in [-0.3, -0.25) is 4.98 Å². The Kier molecular flexibility index (Phi) is 5.39. The molecule has 4 heteroatoms. The Morgan fingerprint density at radius 1 is 0.833 bits per heavy atom. The molecule has 3 rings (SSSR count). The van der Waals surface area contributed by atoms with Crippen LogP contribution in [0.3, 0.4) is 0 Å². The van der Waals surface area contributed by atoms with Crippen LogP contribution in [0.1, 0.15) is 11.3 Å². The minimum atomic E-state index is -2.48. The maximum absolute atomic E-state index is 13.5. The fraction of sp³-hybridized carbons (Fsp3) is 0.150. The lowest BCUT2D eigenvalue weighted by molar-refractivity contribution is 0.673. The van der Waals surface area contributed by atoms with Crippen LogP contribution < -0.4 is 0 Å². The van der Waals surface area contributed by atoms with E-state index in [-0.39, 0.29) is 0 Å². The summed E-state index contributed by atoms with van der Waals surface area (Å²) in [5.74, 6) is 0.508. The predicted octanol–water partition coefficient (Wildman–Crippen LogP) is 4.35. The fourth-order valence-electron chi connectivity index (χ4n) is 2.45. The molecule has 1 aromatic heterocycles. The summed E-state index contributed by atoms with van der Waals surface area (Å²) in [6.07, 6.45) is 2.47. The number of benzene rings is 2. The molecule has 0 aliphatic heterocycles. The van der Waals surface area contributed by atoms with Crippen LogP contribution in [-0.2, 0) is 22.7 Å². The molecule has 0 saturated carbocycles. The number of pyridine rings is 1. The summed E-state index contributed by atoms with van der Waals surface area (Å²) in [5, 5.41) is 0. The molecule has 1 atom stereocenters. The molecule has 3 aromatic rings. The van der Waals surface area contributed by atoms with Gasteiger partial charge < -0.3 is 0 Å². The molecule has 1 unspecified atom stereocenters. The first-order chi connectivity index (χ1) is 11.8. The average molecular weight is 336 g/mol. The third-order valence-electron chi connectivity index (χ3n) is 3.78. The molecule has 0 radical (unpaired) electrons. The van der Waals surface area contributed by atoms with Gasteiger partial charge in [-0.15, -0.1) is 0 Å². The van der Waals surface area contributed by atoms with Gasteiger partial charge in [-0.05, 0) is 36.2 Å². The van der Waals surface area contributed by atoms with Crippen LogP contribution in [-0.4, -0.2) is 14.9 Å². The minimum absolute atomic E-state index is 0.364. The molecule has 2 aromatic carbocycles. The van der Waals surface area contributed by atoms with Crippen molar-refractivity contribution >= 4 is 9.73 Å². The van der Waals surface area contributed by atoms with Crippen LogP contribution >= 0.6 is 0 Å². The zero-order valence-corrected chi connectivity index (χ0v) is 14.2. The summed E-state index contributed by atoms with van der Waals surface area (Å²) in [6.45, 7) is 0.364. The Morgan fingerprint density at radius 3 is 2.17 bits per heavy atom. The summed E-state index contributed by atoms with van der Waals surface area (Å²) in [5.41, 5.74) is 2.01. The van der Waals surface area contributed by atoms with Crippen LogP contribution in [0.2, 0.25) is 0 Å². The van der Waals surface area contributed by atoms with Crippen LogP contribution in [0, 0.1) is 0 Å². The molecular formula is C20H20N2OS. The van der Waals surface area contributed by atoms with Gasteiger partial charge in [-0.1, -0.05) is 54.6 Å². The largest absolute Gasteiger partial charge is 0.259 e. The summed E-state index contributed by atoms with van der Waals surface area (Å²) in [7, 11) is -2.48. The smallest absolute Gasteiger partial charge is 0.0909 e. The zero-order chi connectivity index (χ0) is 16.7. The van der Waals surface area contributed by atoms with Gasteiger partial charge in [0, 0.05) is 16.8 Å². The molecule has 1 heterocycles. The topological polar surface area (TPSA) is 42.3 Å². The number of hydrogen-bond acceptors (Lipinski definition) is 3. The molecule has 0 aliphatic carbocycles. The van der Waals surface area contributed by atoms with Crippen molar-refractivity contribution in [2.75, 3.05) is 5.75 Å². The second kappa shape index (κ2) is 7.88. The normalized spacial score (nSPS) is 13.2. The Hall–Kier alpha value is -2.46. The number of aryl methyl sites for hydroxylation is 1. The molecule has 0 fully saturated rings. The van der Waals surface area contributed by atoms with E-state index in [0.717, 1.165) is 17.0 Å². The van der Waals surface area contributed by atoms with Crippen molar-refractivity contribution in [3.63, 3.8) is 0 Å². The Morgan fingerprint density at radius 2 is 1.50 bits per heavy atom. The van der Waals surface area contributed by atoms with E-state index in [1.807, 2.05) is 66.7 Å². The highest BCUT2D eigenvalue weighted by Gasteiger charge is 2.12. The van der Waals surface area contributed by atoms with Crippen molar-refractivity contribution in [2.45, 2.75) is 17.9 Å². The predicted molar refractivity (Wildman–Crippen MR) is 98.2 cm³/mol. The van der Waals surface area contributed by atoms with Gasteiger partial charge in [0.2, 0.25) is 0 Å².